The fourth-order valence-corrected chi connectivity index (χ4v) is 9.74. The van der Waals surface area contributed by atoms with Gasteiger partial charge in [-0.05, 0) is 59.5 Å². The van der Waals surface area contributed by atoms with Crippen molar-refractivity contribution >= 4 is 67.3 Å². The summed E-state index contributed by atoms with van der Waals surface area (Å²) in [5.41, 5.74) is 3.98. The smallest absolute Gasteiger partial charge is 0.293 e. The highest BCUT2D eigenvalue weighted by atomic mass is 35.5. The molecule has 14 nitrogen and oxygen atoms in total. The standard InChI is InChI=1S/C44H46ClN9O5S2/c45-34-12-10-32(11-13-34)38-9-5-4-6-33(38)29-52-18-20-53(21-19-52)43-27-41-39(28-46-43)44(48-31-47-41)50-61(57,58)37-14-15-40(42(26-37)54(55)56)49-35(16-17-51-22-24-59-25-23-51)30-60-36-7-2-1-3-8-36/h1-15,26-28,31,35,49H,16-25,29-30H2,(H,47,48,50)/t35-/m1/s1. The number of piperazine rings is 1. The fourth-order valence-electron chi connectivity index (χ4n) is 7.57. The van der Waals surface area contributed by atoms with Crippen LogP contribution in [0, 0.1) is 10.1 Å². The van der Waals surface area contributed by atoms with Gasteiger partial charge < -0.3 is 15.0 Å². The number of hydrogen-bond donors (Lipinski definition) is 2. The van der Waals surface area contributed by atoms with E-state index in [0.29, 0.717) is 34.9 Å². The van der Waals surface area contributed by atoms with Crippen LogP contribution in [0.5, 0.6) is 0 Å². The van der Waals surface area contributed by atoms with E-state index in [1.807, 2.05) is 60.7 Å². The maximum Gasteiger partial charge on any atom is 0.293 e. The number of nitro benzene ring substituents is 1. The van der Waals surface area contributed by atoms with Crippen LogP contribution >= 0.6 is 23.4 Å². The average molecular weight is 880 g/mol. The molecule has 4 aromatic carbocycles. The van der Waals surface area contributed by atoms with Crippen LogP contribution < -0.4 is 14.9 Å². The van der Waals surface area contributed by atoms with Crippen molar-refractivity contribution in [3.63, 3.8) is 0 Å². The normalized spacial score (nSPS) is 15.7. The first-order valence-electron chi connectivity index (χ1n) is 20.2. The highest BCUT2D eigenvalue weighted by Crippen LogP contribution is 2.32. The fraction of sp³-hybridized carbons (Fsp3) is 0.295. The molecule has 61 heavy (non-hydrogen) atoms. The van der Waals surface area contributed by atoms with Crippen molar-refractivity contribution in [3.05, 3.63) is 136 Å². The molecule has 0 aliphatic carbocycles. The lowest BCUT2D eigenvalue weighted by Gasteiger charge is -2.35. The Hall–Kier alpha value is -5.36. The summed E-state index contributed by atoms with van der Waals surface area (Å²) < 4.78 is 35.7. The Labute approximate surface area is 364 Å². The van der Waals surface area contributed by atoms with Crippen molar-refractivity contribution in [1.82, 2.24) is 24.8 Å². The molecular weight excluding hydrogens is 834 g/mol. The molecule has 4 heterocycles. The van der Waals surface area contributed by atoms with Crippen LogP contribution in [0.2, 0.25) is 5.02 Å². The van der Waals surface area contributed by atoms with E-state index in [9.17, 15) is 18.5 Å². The second kappa shape index (κ2) is 19.6. The number of ether oxygens (including phenoxy) is 1. The maximum absolute atomic E-state index is 13.8. The third-order valence-electron chi connectivity index (χ3n) is 10.9. The Kier molecular flexibility index (Phi) is 13.6. The Morgan fingerprint density at radius 2 is 1.61 bits per heavy atom. The summed E-state index contributed by atoms with van der Waals surface area (Å²) in [4.78, 5) is 33.0. The summed E-state index contributed by atoms with van der Waals surface area (Å²) in [6.07, 6.45) is 3.59. The van der Waals surface area contributed by atoms with Crippen molar-refractivity contribution in [2.24, 2.45) is 0 Å². The van der Waals surface area contributed by atoms with Crippen LogP contribution in [0.3, 0.4) is 0 Å². The predicted octanol–water partition coefficient (Wildman–Crippen LogP) is 7.67. The minimum Gasteiger partial charge on any atom is -0.379 e. The van der Waals surface area contributed by atoms with Crippen LogP contribution in [0.15, 0.2) is 125 Å². The number of benzene rings is 4. The first kappa shape index (κ1) is 42.3. The second-order valence-corrected chi connectivity index (χ2v) is 18.2. The lowest BCUT2D eigenvalue weighted by atomic mass is 9.99. The minimum atomic E-state index is -4.31. The molecule has 2 saturated heterocycles. The third-order valence-corrected chi connectivity index (χ3v) is 13.7. The second-order valence-electron chi connectivity index (χ2n) is 15.0. The van der Waals surface area contributed by atoms with Crippen molar-refractivity contribution in [2.45, 2.75) is 28.8 Å². The van der Waals surface area contributed by atoms with Gasteiger partial charge in [0.2, 0.25) is 0 Å². The van der Waals surface area contributed by atoms with E-state index < -0.39 is 14.9 Å². The first-order valence-corrected chi connectivity index (χ1v) is 23.0. The molecule has 0 spiro atoms. The van der Waals surface area contributed by atoms with E-state index in [2.05, 4.69) is 59.0 Å². The number of fused-ring (bicyclic) bond motifs is 1. The topological polar surface area (TPSA) is 159 Å². The van der Waals surface area contributed by atoms with Gasteiger partial charge in [-0.15, -0.1) is 11.8 Å². The van der Waals surface area contributed by atoms with Gasteiger partial charge >= 0.3 is 0 Å². The van der Waals surface area contributed by atoms with Crippen LogP contribution in [-0.2, 0) is 21.3 Å². The van der Waals surface area contributed by atoms with Gasteiger partial charge in [0.25, 0.3) is 15.7 Å². The summed E-state index contributed by atoms with van der Waals surface area (Å²) >= 11 is 7.80. The summed E-state index contributed by atoms with van der Waals surface area (Å²) in [5, 5.41) is 16.9. The molecule has 1 atom stereocenters. The van der Waals surface area contributed by atoms with Gasteiger partial charge in [-0.1, -0.05) is 66.2 Å². The number of hydrogen-bond acceptors (Lipinski definition) is 13. The summed E-state index contributed by atoms with van der Waals surface area (Å²) in [6, 6.07) is 31.9. The van der Waals surface area contributed by atoms with Gasteiger partial charge in [0.05, 0.1) is 33.9 Å². The summed E-state index contributed by atoms with van der Waals surface area (Å²) in [6.45, 7) is 7.76. The van der Waals surface area contributed by atoms with E-state index in [1.54, 1.807) is 18.0 Å². The monoisotopic (exact) mass is 879 g/mol. The summed E-state index contributed by atoms with van der Waals surface area (Å²) in [5.74, 6) is 1.41. The Morgan fingerprint density at radius 1 is 0.852 bits per heavy atom. The number of aromatic nitrogens is 3. The number of nitrogens with zero attached hydrogens (tertiary/aromatic N) is 7. The molecule has 8 rings (SSSR count). The Balaban J connectivity index is 0.934. The van der Waals surface area contributed by atoms with Gasteiger partial charge in [0.15, 0.2) is 5.82 Å². The molecule has 2 aliphatic heterocycles. The van der Waals surface area contributed by atoms with E-state index >= 15 is 0 Å². The average Bonchev–Trinajstić information content (AvgIpc) is 3.28. The first-order chi connectivity index (χ1) is 29.7. The molecule has 2 aromatic heterocycles. The SMILES string of the molecule is O=[N+]([O-])c1cc(S(=O)(=O)Nc2ncnc3cc(N4CCN(Cc5ccccc5-c5ccc(Cl)cc5)CC4)ncc23)ccc1N[C@H](CCN1CCOCC1)CSc1ccccc1. The van der Waals surface area contributed by atoms with E-state index in [-0.39, 0.29) is 28.1 Å². The quantitative estimate of drug-likeness (QED) is 0.0555. The molecule has 2 N–H and O–H groups in total. The molecule has 2 aliphatic rings. The highest BCUT2D eigenvalue weighted by molar-refractivity contribution is 7.99. The lowest BCUT2D eigenvalue weighted by Crippen LogP contribution is -2.46. The number of pyridine rings is 1. The molecule has 2 fully saturated rings. The van der Waals surface area contributed by atoms with Crippen molar-refractivity contribution in [2.75, 3.05) is 79.7 Å². The third kappa shape index (κ3) is 10.8. The molecule has 0 amide bonds. The number of nitro groups is 1. The largest absolute Gasteiger partial charge is 0.379 e. The number of morpholine rings is 1. The number of anilines is 3. The van der Waals surface area contributed by atoms with Crippen LogP contribution in [-0.4, -0.2) is 109 Å². The molecular formula is C44H46ClN9O5S2. The molecule has 17 heteroatoms. The van der Waals surface area contributed by atoms with Gasteiger partial charge in [-0.2, -0.15) is 0 Å². The van der Waals surface area contributed by atoms with E-state index in [0.717, 1.165) is 81.1 Å². The van der Waals surface area contributed by atoms with Crippen LogP contribution in [0.4, 0.5) is 23.0 Å². The zero-order valence-electron chi connectivity index (χ0n) is 33.4. The molecule has 0 bridgehead atoms. The van der Waals surface area contributed by atoms with E-state index in [1.165, 1.54) is 29.6 Å². The molecule has 0 unspecified atom stereocenters. The molecule has 0 saturated carbocycles. The maximum atomic E-state index is 13.8. The number of nitrogens with one attached hydrogen (secondary N) is 2. The number of halogens is 1. The number of rotatable bonds is 16. The van der Waals surface area contributed by atoms with Crippen LogP contribution in [0.1, 0.15) is 12.0 Å². The van der Waals surface area contributed by atoms with Crippen LogP contribution in [0.25, 0.3) is 22.0 Å². The highest BCUT2D eigenvalue weighted by Gasteiger charge is 2.26. The van der Waals surface area contributed by atoms with Gasteiger partial charge in [-0.3, -0.25) is 24.6 Å². The zero-order valence-corrected chi connectivity index (χ0v) is 35.8. The zero-order chi connectivity index (χ0) is 42.2. The van der Waals surface area contributed by atoms with Gasteiger partial charge in [0, 0.05) is 92.4 Å². The Bertz CT molecular complexity index is 2560. The molecule has 6 aromatic rings. The van der Waals surface area contributed by atoms with E-state index in [4.69, 9.17) is 21.3 Å². The molecule has 0 radical (unpaired) electrons. The van der Waals surface area contributed by atoms with Crippen molar-refractivity contribution in [1.29, 1.82) is 0 Å². The number of thioether (sulfide) groups is 1. The van der Waals surface area contributed by atoms with Crippen molar-refractivity contribution < 1.29 is 18.1 Å². The van der Waals surface area contributed by atoms with Crippen molar-refractivity contribution in [3.8, 4) is 11.1 Å². The lowest BCUT2D eigenvalue weighted by molar-refractivity contribution is -0.384. The van der Waals surface area contributed by atoms with Gasteiger partial charge in [0.1, 0.15) is 17.8 Å². The molecule has 316 valence electrons. The summed E-state index contributed by atoms with van der Waals surface area (Å²) in [7, 11) is -4.31. The minimum absolute atomic E-state index is 0.0270. The predicted molar refractivity (Wildman–Crippen MR) is 242 cm³/mol. The van der Waals surface area contributed by atoms with Gasteiger partial charge in [-0.25, -0.2) is 23.4 Å². The number of sulfonamides is 1. The Morgan fingerprint density at radius 3 is 2.38 bits per heavy atom.